The van der Waals surface area contributed by atoms with Crippen molar-refractivity contribution in [3.05, 3.63) is 39.4 Å². The monoisotopic (exact) mass is 307 g/mol. The molecule has 0 spiro atoms. The van der Waals surface area contributed by atoms with E-state index in [1.165, 1.54) is 12.1 Å². The second kappa shape index (κ2) is 6.88. The van der Waals surface area contributed by atoms with E-state index in [-0.39, 0.29) is 12.5 Å². The normalized spacial score (nSPS) is 10.0. The number of rotatable bonds is 5. The van der Waals surface area contributed by atoms with Gasteiger partial charge in [-0.2, -0.15) is 0 Å². The number of carbonyl (C=O) groups is 1. The van der Waals surface area contributed by atoms with Gasteiger partial charge in [0.25, 0.3) is 5.91 Å². The quantitative estimate of drug-likeness (QED) is 0.665. The van der Waals surface area contributed by atoms with Crippen LogP contribution in [-0.2, 0) is 4.79 Å². The highest BCUT2D eigenvalue weighted by Crippen LogP contribution is 2.33. The fraction of sp³-hybridized carbons (Fsp3) is 0.250. The van der Waals surface area contributed by atoms with Crippen molar-refractivity contribution in [3.63, 3.8) is 0 Å². The number of hydrogen-bond acceptors (Lipinski definition) is 2. The Morgan fingerprint density at radius 2 is 1.89 bits per heavy atom. The lowest BCUT2D eigenvalue weighted by Crippen LogP contribution is -2.30. The van der Waals surface area contributed by atoms with Crippen molar-refractivity contribution in [2.24, 2.45) is 0 Å². The van der Waals surface area contributed by atoms with Crippen molar-refractivity contribution in [3.8, 4) is 5.75 Å². The first-order chi connectivity index (χ1) is 8.40. The van der Waals surface area contributed by atoms with Gasteiger partial charge in [-0.25, -0.2) is 0 Å². The van der Waals surface area contributed by atoms with Gasteiger partial charge >= 0.3 is 0 Å². The van der Waals surface area contributed by atoms with E-state index in [1.54, 1.807) is 0 Å². The van der Waals surface area contributed by atoms with Gasteiger partial charge in [0.05, 0.1) is 15.1 Å². The molecule has 0 aliphatic rings. The Morgan fingerprint density at radius 3 is 2.50 bits per heavy atom. The van der Waals surface area contributed by atoms with E-state index in [1.807, 2.05) is 6.92 Å². The van der Waals surface area contributed by atoms with E-state index in [2.05, 4.69) is 11.9 Å². The molecule has 1 rings (SSSR count). The molecular weight excluding hydrogens is 296 g/mol. The van der Waals surface area contributed by atoms with Crippen LogP contribution >= 0.6 is 34.8 Å². The molecule has 1 aromatic rings. The Hall–Kier alpha value is -0.900. The maximum atomic E-state index is 11.4. The predicted octanol–water partition coefficient (Wildman–Crippen LogP) is 3.72. The summed E-state index contributed by atoms with van der Waals surface area (Å²) < 4.78 is 5.25. The van der Waals surface area contributed by atoms with Crippen molar-refractivity contribution < 1.29 is 9.53 Å². The lowest BCUT2D eigenvalue weighted by molar-refractivity contribution is -0.122. The summed E-state index contributed by atoms with van der Waals surface area (Å²) in [4.78, 5) is 11.4. The number of benzene rings is 1. The molecule has 3 nitrogen and oxygen atoms in total. The zero-order chi connectivity index (χ0) is 13.7. The standard InChI is InChI=1S/C12H12Cl3NO2/c1-7(2)5-16-12(17)6-18-11-4-9(14)8(13)3-10(11)15/h3-4H,1,5-6H2,2H3,(H,16,17). The number of ether oxygens (including phenoxy) is 1. The lowest BCUT2D eigenvalue weighted by atomic mass is 10.3. The molecule has 0 unspecified atom stereocenters. The van der Waals surface area contributed by atoms with Crippen LogP contribution in [0.1, 0.15) is 6.92 Å². The first-order valence-electron chi connectivity index (χ1n) is 5.08. The molecule has 1 aromatic carbocycles. The summed E-state index contributed by atoms with van der Waals surface area (Å²) >= 11 is 17.5. The highest BCUT2D eigenvalue weighted by molar-refractivity contribution is 6.43. The van der Waals surface area contributed by atoms with Crippen LogP contribution in [0, 0.1) is 0 Å². The molecule has 98 valence electrons. The van der Waals surface area contributed by atoms with Crippen LogP contribution in [0.4, 0.5) is 0 Å². The number of amides is 1. The molecule has 1 N–H and O–H groups in total. The number of carbonyl (C=O) groups excluding carboxylic acids is 1. The van der Waals surface area contributed by atoms with Crippen molar-refractivity contribution in [2.75, 3.05) is 13.2 Å². The minimum absolute atomic E-state index is 0.148. The molecule has 0 fully saturated rings. The molecule has 0 aliphatic carbocycles. The molecular formula is C12H12Cl3NO2. The minimum Gasteiger partial charge on any atom is -0.482 e. The van der Waals surface area contributed by atoms with Crippen LogP contribution in [0.15, 0.2) is 24.3 Å². The van der Waals surface area contributed by atoms with Crippen LogP contribution < -0.4 is 10.1 Å². The van der Waals surface area contributed by atoms with Gasteiger partial charge in [-0.15, -0.1) is 0 Å². The molecule has 6 heteroatoms. The van der Waals surface area contributed by atoms with Gasteiger partial charge in [-0.1, -0.05) is 47.0 Å². The third-order valence-electron chi connectivity index (χ3n) is 1.92. The molecule has 0 aromatic heterocycles. The predicted molar refractivity (Wildman–Crippen MR) is 74.8 cm³/mol. The Labute approximate surface area is 121 Å². The van der Waals surface area contributed by atoms with Crippen molar-refractivity contribution >= 4 is 40.7 Å². The number of nitrogens with one attached hydrogen (secondary N) is 1. The van der Waals surface area contributed by atoms with Crippen molar-refractivity contribution in [1.29, 1.82) is 0 Å². The average molecular weight is 309 g/mol. The van der Waals surface area contributed by atoms with E-state index in [4.69, 9.17) is 39.5 Å². The molecule has 0 saturated heterocycles. The summed E-state index contributed by atoms with van der Waals surface area (Å²) in [5.41, 5.74) is 0.857. The number of halogens is 3. The molecule has 0 saturated carbocycles. The largest absolute Gasteiger partial charge is 0.482 e. The van der Waals surface area contributed by atoms with Gasteiger partial charge in [0.15, 0.2) is 6.61 Å². The second-order valence-electron chi connectivity index (χ2n) is 3.72. The van der Waals surface area contributed by atoms with Gasteiger partial charge in [0.2, 0.25) is 0 Å². The van der Waals surface area contributed by atoms with Crippen LogP contribution in [0.25, 0.3) is 0 Å². The van der Waals surface area contributed by atoms with Crippen LogP contribution in [0.5, 0.6) is 5.75 Å². The third kappa shape index (κ3) is 4.77. The highest BCUT2D eigenvalue weighted by Gasteiger charge is 2.09. The summed E-state index contributed by atoms with van der Waals surface area (Å²) in [6, 6.07) is 2.94. The first kappa shape index (κ1) is 15.2. The zero-order valence-corrected chi connectivity index (χ0v) is 12.0. The van der Waals surface area contributed by atoms with Gasteiger partial charge in [0.1, 0.15) is 5.75 Å². The maximum absolute atomic E-state index is 11.4. The molecule has 1 amide bonds. The highest BCUT2D eigenvalue weighted by atomic mass is 35.5. The molecule has 18 heavy (non-hydrogen) atoms. The Morgan fingerprint density at radius 1 is 1.28 bits per heavy atom. The maximum Gasteiger partial charge on any atom is 0.258 e. The smallest absolute Gasteiger partial charge is 0.258 e. The Balaban J connectivity index is 2.56. The van der Waals surface area contributed by atoms with Crippen LogP contribution in [0.3, 0.4) is 0 Å². The van der Waals surface area contributed by atoms with E-state index in [0.29, 0.717) is 27.4 Å². The Kier molecular flexibility index (Phi) is 5.79. The molecule has 0 atom stereocenters. The van der Waals surface area contributed by atoms with Crippen molar-refractivity contribution in [1.82, 2.24) is 5.32 Å². The fourth-order valence-corrected chi connectivity index (χ4v) is 1.65. The molecule has 0 radical (unpaired) electrons. The van der Waals surface area contributed by atoms with Crippen molar-refractivity contribution in [2.45, 2.75) is 6.92 Å². The van der Waals surface area contributed by atoms with E-state index < -0.39 is 0 Å². The summed E-state index contributed by atoms with van der Waals surface area (Å²) in [6.07, 6.45) is 0. The second-order valence-corrected chi connectivity index (χ2v) is 4.94. The van der Waals surface area contributed by atoms with E-state index >= 15 is 0 Å². The van der Waals surface area contributed by atoms with Gasteiger partial charge in [-0.3, -0.25) is 4.79 Å². The number of hydrogen-bond donors (Lipinski definition) is 1. The minimum atomic E-state index is -0.264. The summed E-state index contributed by atoms with van der Waals surface area (Å²) in [5, 5.41) is 3.59. The summed E-state index contributed by atoms with van der Waals surface area (Å²) in [6.45, 7) is 5.75. The van der Waals surface area contributed by atoms with Crippen LogP contribution in [0.2, 0.25) is 15.1 Å². The van der Waals surface area contributed by atoms with Crippen LogP contribution in [-0.4, -0.2) is 19.1 Å². The first-order valence-corrected chi connectivity index (χ1v) is 6.22. The SMILES string of the molecule is C=C(C)CNC(=O)COc1cc(Cl)c(Cl)cc1Cl. The summed E-state index contributed by atoms with van der Waals surface area (Å²) in [7, 11) is 0. The topological polar surface area (TPSA) is 38.3 Å². The zero-order valence-electron chi connectivity index (χ0n) is 9.73. The van der Waals surface area contributed by atoms with E-state index in [9.17, 15) is 4.79 Å². The fourth-order valence-electron chi connectivity index (χ4n) is 1.06. The Bertz CT molecular complexity index is 475. The lowest BCUT2D eigenvalue weighted by Gasteiger charge is -2.09. The van der Waals surface area contributed by atoms with Gasteiger partial charge in [-0.05, 0) is 13.0 Å². The molecule has 0 bridgehead atoms. The average Bonchev–Trinajstić information content (AvgIpc) is 2.29. The third-order valence-corrected chi connectivity index (χ3v) is 2.94. The van der Waals surface area contributed by atoms with Gasteiger partial charge < -0.3 is 10.1 Å². The molecule has 0 heterocycles. The summed E-state index contributed by atoms with van der Waals surface area (Å²) in [5.74, 6) is 0.0525. The van der Waals surface area contributed by atoms with Gasteiger partial charge in [0, 0.05) is 12.6 Å². The molecule has 0 aliphatic heterocycles. The van der Waals surface area contributed by atoms with E-state index in [0.717, 1.165) is 5.57 Å².